The first kappa shape index (κ1) is 13.3. The van der Waals surface area contributed by atoms with Crippen LogP contribution in [0.4, 0.5) is 0 Å². The SMILES string of the molecule is CC1CC(NS(=O)(=O)N2CCCCC2)CCN1. The lowest BCUT2D eigenvalue weighted by molar-refractivity contribution is 0.321. The van der Waals surface area contributed by atoms with Crippen molar-refractivity contribution < 1.29 is 8.42 Å². The normalized spacial score (nSPS) is 32.5. The molecule has 5 nitrogen and oxygen atoms in total. The monoisotopic (exact) mass is 261 g/mol. The maximum absolute atomic E-state index is 12.2. The van der Waals surface area contributed by atoms with Gasteiger partial charge in [0.2, 0.25) is 0 Å². The van der Waals surface area contributed by atoms with Crippen LogP contribution in [0.25, 0.3) is 0 Å². The number of nitrogens with one attached hydrogen (secondary N) is 2. The maximum Gasteiger partial charge on any atom is 0.279 e. The molecule has 0 aromatic heterocycles. The van der Waals surface area contributed by atoms with Crippen LogP contribution in [0.15, 0.2) is 0 Å². The van der Waals surface area contributed by atoms with Crippen molar-refractivity contribution in [1.82, 2.24) is 14.3 Å². The molecule has 17 heavy (non-hydrogen) atoms. The first-order chi connectivity index (χ1) is 8.08. The number of piperidine rings is 2. The van der Waals surface area contributed by atoms with Gasteiger partial charge in [0, 0.05) is 25.2 Å². The van der Waals surface area contributed by atoms with E-state index in [1.807, 2.05) is 0 Å². The second-order valence-electron chi connectivity index (χ2n) is 5.16. The molecular weight excluding hydrogens is 238 g/mol. The molecule has 0 aromatic carbocycles. The average Bonchev–Trinajstić information content (AvgIpc) is 2.29. The zero-order valence-corrected chi connectivity index (χ0v) is 11.3. The molecule has 2 atom stereocenters. The number of nitrogens with zero attached hydrogens (tertiary/aromatic N) is 1. The Kier molecular flexibility index (Phi) is 4.41. The van der Waals surface area contributed by atoms with Gasteiger partial charge in [0.25, 0.3) is 10.2 Å². The van der Waals surface area contributed by atoms with E-state index in [4.69, 9.17) is 0 Å². The summed E-state index contributed by atoms with van der Waals surface area (Å²) in [4.78, 5) is 0. The Balaban J connectivity index is 1.91. The number of hydrogen-bond donors (Lipinski definition) is 2. The van der Waals surface area contributed by atoms with Crippen LogP contribution >= 0.6 is 0 Å². The van der Waals surface area contributed by atoms with Crippen molar-refractivity contribution in [3.05, 3.63) is 0 Å². The molecule has 0 amide bonds. The zero-order valence-electron chi connectivity index (χ0n) is 10.5. The second kappa shape index (κ2) is 5.65. The Bertz CT molecular complexity index is 339. The Morgan fingerprint density at radius 2 is 1.94 bits per heavy atom. The average molecular weight is 261 g/mol. The van der Waals surface area contributed by atoms with Gasteiger partial charge in [0.1, 0.15) is 0 Å². The van der Waals surface area contributed by atoms with E-state index in [2.05, 4.69) is 17.0 Å². The van der Waals surface area contributed by atoms with Gasteiger partial charge in [-0.3, -0.25) is 0 Å². The fraction of sp³-hybridized carbons (Fsp3) is 1.00. The van der Waals surface area contributed by atoms with E-state index in [1.165, 1.54) is 0 Å². The van der Waals surface area contributed by atoms with Crippen LogP contribution in [-0.4, -0.2) is 44.4 Å². The minimum Gasteiger partial charge on any atom is -0.314 e. The van der Waals surface area contributed by atoms with Crippen molar-refractivity contribution in [2.75, 3.05) is 19.6 Å². The fourth-order valence-corrected chi connectivity index (χ4v) is 4.15. The van der Waals surface area contributed by atoms with Crippen LogP contribution in [0.3, 0.4) is 0 Å². The highest BCUT2D eigenvalue weighted by molar-refractivity contribution is 7.87. The Labute approximate surface area is 104 Å². The summed E-state index contributed by atoms with van der Waals surface area (Å²) in [6, 6.07) is 0.496. The topological polar surface area (TPSA) is 61.4 Å². The molecule has 0 radical (unpaired) electrons. The van der Waals surface area contributed by atoms with E-state index in [-0.39, 0.29) is 6.04 Å². The van der Waals surface area contributed by atoms with Gasteiger partial charge in [-0.05, 0) is 39.2 Å². The minimum absolute atomic E-state index is 0.0955. The first-order valence-electron chi connectivity index (χ1n) is 6.59. The van der Waals surface area contributed by atoms with E-state index < -0.39 is 10.2 Å². The van der Waals surface area contributed by atoms with E-state index in [1.54, 1.807) is 4.31 Å². The van der Waals surface area contributed by atoms with E-state index in [9.17, 15) is 8.42 Å². The van der Waals surface area contributed by atoms with Crippen LogP contribution in [0, 0.1) is 0 Å². The van der Waals surface area contributed by atoms with E-state index >= 15 is 0 Å². The molecule has 0 aliphatic carbocycles. The molecule has 2 heterocycles. The molecular formula is C11H23N3O2S. The number of rotatable bonds is 3. The molecule has 0 saturated carbocycles. The van der Waals surface area contributed by atoms with Gasteiger partial charge in [0.05, 0.1) is 0 Å². The lowest BCUT2D eigenvalue weighted by Gasteiger charge is -2.32. The van der Waals surface area contributed by atoms with Gasteiger partial charge in [0.15, 0.2) is 0 Å². The quantitative estimate of drug-likeness (QED) is 0.775. The minimum atomic E-state index is -3.25. The third-order valence-corrected chi connectivity index (χ3v) is 5.27. The molecule has 2 unspecified atom stereocenters. The summed E-state index contributed by atoms with van der Waals surface area (Å²) in [6.45, 7) is 4.35. The first-order valence-corrected chi connectivity index (χ1v) is 8.03. The number of hydrogen-bond acceptors (Lipinski definition) is 3. The van der Waals surface area contributed by atoms with Crippen molar-refractivity contribution in [2.45, 2.75) is 51.1 Å². The van der Waals surface area contributed by atoms with Crippen molar-refractivity contribution in [3.63, 3.8) is 0 Å². The predicted molar refractivity (Wildman–Crippen MR) is 68.0 cm³/mol. The Morgan fingerprint density at radius 1 is 1.24 bits per heavy atom. The predicted octanol–water partition coefficient (Wildman–Crippen LogP) is 0.447. The molecule has 0 bridgehead atoms. The summed E-state index contributed by atoms with van der Waals surface area (Å²) in [5.74, 6) is 0. The van der Waals surface area contributed by atoms with Crippen LogP contribution in [0.5, 0.6) is 0 Å². The van der Waals surface area contributed by atoms with Crippen molar-refractivity contribution in [2.24, 2.45) is 0 Å². The lowest BCUT2D eigenvalue weighted by atomic mass is 10.0. The van der Waals surface area contributed by atoms with Gasteiger partial charge < -0.3 is 5.32 Å². The van der Waals surface area contributed by atoms with Crippen molar-refractivity contribution in [1.29, 1.82) is 0 Å². The highest BCUT2D eigenvalue weighted by Gasteiger charge is 2.28. The van der Waals surface area contributed by atoms with E-state index in [0.29, 0.717) is 19.1 Å². The Morgan fingerprint density at radius 3 is 2.59 bits per heavy atom. The molecule has 2 saturated heterocycles. The molecule has 2 aliphatic rings. The maximum atomic E-state index is 12.2. The molecule has 2 rings (SSSR count). The molecule has 2 fully saturated rings. The smallest absolute Gasteiger partial charge is 0.279 e. The van der Waals surface area contributed by atoms with E-state index in [0.717, 1.165) is 38.6 Å². The molecule has 2 N–H and O–H groups in total. The van der Waals surface area contributed by atoms with Crippen molar-refractivity contribution in [3.8, 4) is 0 Å². The van der Waals surface area contributed by atoms with Gasteiger partial charge >= 0.3 is 0 Å². The molecule has 6 heteroatoms. The van der Waals surface area contributed by atoms with Crippen LogP contribution in [0.2, 0.25) is 0 Å². The second-order valence-corrected chi connectivity index (χ2v) is 6.86. The molecule has 0 spiro atoms. The molecule has 0 aromatic rings. The van der Waals surface area contributed by atoms with Crippen LogP contribution in [-0.2, 0) is 10.2 Å². The summed E-state index contributed by atoms with van der Waals surface area (Å²) in [7, 11) is -3.25. The van der Waals surface area contributed by atoms with Gasteiger partial charge in [-0.2, -0.15) is 17.4 Å². The fourth-order valence-electron chi connectivity index (χ4n) is 2.63. The third-order valence-electron chi connectivity index (χ3n) is 3.59. The van der Waals surface area contributed by atoms with Crippen LogP contribution in [0.1, 0.15) is 39.0 Å². The zero-order chi connectivity index (χ0) is 12.3. The highest BCUT2D eigenvalue weighted by Crippen LogP contribution is 2.15. The summed E-state index contributed by atoms with van der Waals surface area (Å²) < 4.78 is 28.8. The van der Waals surface area contributed by atoms with Gasteiger partial charge in [-0.25, -0.2) is 0 Å². The summed E-state index contributed by atoms with van der Waals surface area (Å²) in [5.41, 5.74) is 0. The van der Waals surface area contributed by atoms with Gasteiger partial charge in [-0.15, -0.1) is 0 Å². The highest BCUT2D eigenvalue weighted by atomic mass is 32.2. The molecule has 100 valence electrons. The van der Waals surface area contributed by atoms with Crippen LogP contribution < -0.4 is 10.0 Å². The summed E-state index contributed by atoms with van der Waals surface area (Å²) >= 11 is 0. The van der Waals surface area contributed by atoms with Gasteiger partial charge in [-0.1, -0.05) is 6.42 Å². The summed E-state index contributed by atoms with van der Waals surface area (Å²) in [5, 5.41) is 3.33. The largest absolute Gasteiger partial charge is 0.314 e. The standard InChI is InChI=1S/C11H23N3O2S/c1-10-9-11(5-6-12-10)13-17(15,16)14-7-3-2-4-8-14/h10-13H,2-9H2,1H3. The Hall–Kier alpha value is -0.170. The summed E-state index contributed by atoms with van der Waals surface area (Å²) in [6.07, 6.45) is 4.90. The molecule has 2 aliphatic heterocycles. The van der Waals surface area contributed by atoms with Crippen molar-refractivity contribution >= 4 is 10.2 Å². The lowest BCUT2D eigenvalue weighted by Crippen LogP contribution is -2.51. The third kappa shape index (κ3) is 3.64.